The van der Waals surface area contributed by atoms with Crippen molar-refractivity contribution in [1.82, 2.24) is 0 Å². The fourth-order valence-corrected chi connectivity index (χ4v) is 7.53. The Bertz CT molecular complexity index is 966. The minimum atomic E-state index is -2.66. The van der Waals surface area contributed by atoms with Crippen LogP contribution in [-0.4, -0.2) is 63.0 Å². The zero-order valence-corrected chi connectivity index (χ0v) is 21.8. The predicted molar refractivity (Wildman–Crippen MR) is 136 cm³/mol. The normalized spacial score (nSPS) is 29.1. The lowest BCUT2D eigenvalue weighted by Gasteiger charge is -2.45. The van der Waals surface area contributed by atoms with E-state index in [1.807, 2.05) is 12.1 Å². The van der Waals surface area contributed by atoms with Gasteiger partial charge in [0, 0.05) is 27.5 Å². The predicted octanol–water partition coefficient (Wildman–Crippen LogP) is 1.06. The van der Waals surface area contributed by atoms with Crippen molar-refractivity contribution in [3.8, 4) is 11.1 Å². The number of rotatable bonds is 4. The molecule has 0 aromatic heterocycles. The van der Waals surface area contributed by atoms with Crippen LogP contribution in [0.1, 0.15) is 10.4 Å². The van der Waals surface area contributed by atoms with Crippen molar-refractivity contribution in [2.75, 3.05) is 12.3 Å². The molecule has 1 saturated heterocycles. The summed E-state index contributed by atoms with van der Waals surface area (Å²) in [6.07, 6.45) is -4.62. The second-order valence-corrected chi connectivity index (χ2v) is 10.5. The van der Waals surface area contributed by atoms with E-state index in [0.717, 1.165) is 21.8 Å². The van der Waals surface area contributed by atoms with Crippen molar-refractivity contribution in [1.29, 1.82) is 0 Å². The Morgan fingerprint density at radius 2 is 1.70 bits per heavy atom. The summed E-state index contributed by atoms with van der Waals surface area (Å²) in [5, 5.41) is 40.2. The van der Waals surface area contributed by atoms with Crippen LogP contribution in [0.2, 0.25) is 0 Å². The highest BCUT2D eigenvalue weighted by molar-refractivity contribution is 14.1. The number of nitrogens with two attached hydrogens (primary N) is 2. The standard InChI is InChI=1S/C19H19I3N2O6/c20-8-4-10(21)14(11(22)5-8)7-1-2-9(12(23)3-7)18(28)19(29)17(24)16(27)15(26)13(6-25)30-19/h1-5,13,15-17,25-27,29H,6,23-24H2/t13-,15-,16+,17-,19?/m1/s1. The molecule has 1 aliphatic rings. The van der Waals surface area contributed by atoms with Crippen LogP contribution < -0.4 is 11.5 Å². The number of nitrogen functional groups attached to an aromatic ring is 1. The van der Waals surface area contributed by atoms with E-state index in [2.05, 4.69) is 67.8 Å². The lowest BCUT2D eigenvalue weighted by atomic mass is 9.85. The molecule has 30 heavy (non-hydrogen) atoms. The Labute approximate surface area is 213 Å². The van der Waals surface area contributed by atoms with Gasteiger partial charge in [-0.2, -0.15) is 0 Å². The first kappa shape index (κ1) is 24.5. The third-order valence-electron chi connectivity index (χ3n) is 4.98. The van der Waals surface area contributed by atoms with Crippen LogP contribution in [0, 0.1) is 10.7 Å². The quantitative estimate of drug-likeness (QED) is 0.154. The molecular formula is C19H19I3N2O6. The summed E-state index contributed by atoms with van der Waals surface area (Å²) in [4.78, 5) is 13.1. The summed E-state index contributed by atoms with van der Waals surface area (Å²) < 4.78 is 8.34. The van der Waals surface area contributed by atoms with Crippen molar-refractivity contribution in [3.63, 3.8) is 0 Å². The van der Waals surface area contributed by atoms with Gasteiger partial charge in [-0.1, -0.05) is 6.07 Å². The molecule has 1 unspecified atom stereocenters. The molecule has 0 spiro atoms. The van der Waals surface area contributed by atoms with Gasteiger partial charge in [0.2, 0.25) is 11.6 Å². The number of hydrogen-bond donors (Lipinski definition) is 6. The highest BCUT2D eigenvalue weighted by Gasteiger charge is 2.56. The van der Waals surface area contributed by atoms with Crippen LogP contribution in [0.4, 0.5) is 5.69 Å². The van der Waals surface area contributed by atoms with Gasteiger partial charge in [0.1, 0.15) is 18.3 Å². The maximum atomic E-state index is 13.1. The molecule has 5 atom stereocenters. The monoisotopic (exact) mass is 752 g/mol. The van der Waals surface area contributed by atoms with Crippen LogP contribution in [0.15, 0.2) is 30.3 Å². The SMILES string of the molecule is Nc1cc(-c2c(I)cc(I)cc2I)ccc1C(=O)C1(O)O[C@H](CO)[C@@H](O)[C@H](O)[C@H]1N. The van der Waals surface area contributed by atoms with E-state index >= 15 is 0 Å². The van der Waals surface area contributed by atoms with Gasteiger partial charge >= 0.3 is 0 Å². The molecule has 2 aromatic rings. The molecule has 0 bridgehead atoms. The smallest absolute Gasteiger partial charge is 0.250 e. The molecule has 1 fully saturated rings. The fourth-order valence-electron chi connectivity index (χ4n) is 3.33. The second-order valence-electron chi connectivity index (χ2n) is 6.92. The Balaban J connectivity index is 2.00. The Kier molecular flexibility index (Phi) is 7.66. The first-order chi connectivity index (χ1) is 14.0. The van der Waals surface area contributed by atoms with Crippen molar-refractivity contribution >= 4 is 79.2 Å². The molecule has 0 aliphatic carbocycles. The Morgan fingerprint density at radius 3 is 2.23 bits per heavy atom. The van der Waals surface area contributed by atoms with E-state index in [9.17, 15) is 25.2 Å². The lowest BCUT2D eigenvalue weighted by Crippen LogP contribution is -2.71. The largest absolute Gasteiger partial charge is 0.398 e. The van der Waals surface area contributed by atoms with Crippen molar-refractivity contribution < 1.29 is 30.0 Å². The molecule has 2 aromatic carbocycles. The number of hydrogen-bond acceptors (Lipinski definition) is 8. The third-order valence-corrected chi connectivity index (χ3v) is 7.30. The molecule has 0 radical (unpaired) electrons. The highest BCUT2D eigenvalue weighted by Crippen LogP contribution is 2.36. The third kappa shape index (κ3) is 4.36. The second kappa shape index (κ2) is 9.38. The van der Waals surface area contributed by atoms with Crippen molar-refractivity contribution in [2.45, 2.75) is 30.1 Å². The number of benzene rings is 2. The number of aliphatic hydroxyl groups is 4. The van der Waals surface area contributed by atoms with E-state index in [0.29, 0.717) is 0 Å². The van der Waals surface area contributed by atoms with Crippen LogP contribution in [-0.2, 0) is 4.74 Å². The number of ether oxygens (including phenoxy) is 1. The Morgan fingerprint density at radius 1 is 1.10 bits per heavy atom. The molecule has 162 valence electrons. The van der Waals surface area contributed by atoms with Crippen molar-refractivity contribution in [3.05, 3.63) is 46.6 Å². The maximum Gasteiger partial charge on any atom is 0.250 e. The van der Waals surface area contributed by atoms with E-state index in [1.165, 1.54) is 6.07 Å². The van der Waals surface area contributed by atoms with Gasteiger partial charge in [-0.25, -0.2) is 0 Å². The van der Waals surface area contributed by atoms with E-state index in [1.54, 1.807) is 12.1 Å². The fraction of sp³-hybridized carbons (Fsp3) is 0.316. The number of carbonyl (C=O) groups is 1. The number of anilines is 1. The van der Waals surface area contributed by atoms with Gasteiger partial charge in [0.25, 0.3) is 0 Å². The Hall–Kier alpha value is -0.140. The average Bonchev–Trinajstić information content (AvgIpc) is 2.68. The zero-order chi connectivity index (χ0) is 22.4. The molecule has 0 amide bonds. The topological polar surface area (TPSA) is 159 Å². The minimum Gasteiger partial charge on any atom is -0.398 e. The first-order valence-electron chi connectivity index (χ1n) is 8.73. The van der Waals surface area contributed by atoms with Crippen LogP contribution in [0.25, 0.3) is 11.1 Å². The van der Waals surface area contributed by atoms with Crippen LogP contribution >= 0.6 is 67.8 Å². The van der Waals surface area contributed by atoms with Gasteiger partial charge in [-0.15, -0.1) is 0 Å². The first-order valence-corrected chi connectivity index (χ1v) is 12.0. The van der Waals surface area contributed by atoms with E-state index in [-0.39, 0.29) is 11.3 Å². The highest BCUT2D eigenvalue weighted by atomic mass is 127. The average molecular weight is 752 g/mol. The number of Topliss-reactive ketones (excluding diaryl/α,β-unsaturated/α-hetero) is 1. The summed E-state index contributed by atoms with van der Waals surface area (Å²) in [6, 6.07) is 7.17. The molecule has 11 heteroatoms. The van der Waals surface area contributed by atoms with Crippen LogP contribution in [0.3, 0.4) is 0 Å². The summed E-state index contributed by atoms with van der Waals surface area (Å²) in [6.45, 7) is -0.724. The number of ketones is 1. The number of carbonyl (C=O) groups excluding carboxylic acids is 1. The van der Waals surface area contributed by atoms with Crippen molar-refractivity contribution in [2.24, 2.45) is 5.73 Å². The van der Waals surface area contributed by atoms with Gasteiger partial charge in [0.15, 0.2) is 0 Å². The van der Waals surface area contributed by atoms with E-state index in [4.69, 9.17) is 16.2 Å². The molecule has 0 saturated carbocycles. The molecule has 1 heterocycles. The molecule has 8 nitrogen and oxygen atoms in total. The number of halogens is 3. The molecule has 1 aliphatic heterocycles. The summed E-state index contributed by atoms with van der Waals surface area (Å²) in [5.41, 5.74) is 13.7. The van der Waals surface area contributed by atoms with Gasteiger partial charge in [-0.05, 0) is 97.6 Å². The molecule has 8 N–H and O–H groups in total. The lowest BCUT2D eigenvalue weighted by molar-refractivity contribution is -0.286. The van der Waals surface area contributed by atoms with Gasteiger partial charge in [-0.3, -0.25) is 4.79 Å². The summed E-state index contributed by atoms with van der Waals surface area (Å²) >= 11 is 6.70. The molecular weight excluding hydrogens is 733 g/mol. The minimum absolute atomic E-state index is 0.0486. The maximum absolute atomic E-state index is 13.1. The van der Waals surface area contributed by atoms with Gasteiger partial charge in [0.05, 0.1) is 12.6 Å². The van der Waals surface area contributed by atoms with Gasteiger partial charge < -0.3 is 36.6 Å². The number of aliphatic hydroxyl groups excluding tert-OH is 3. The summed E-state index contributed by atoms with van der Waals surface area (Å²) in [5.74, 6) is -3.62. The summed E-state index contributed by atoms with van der Waals surface area (Å²) in [7, 11) is 0. The van der Waals surface area contributed by atoms with E-state index < -0.39 is 42.5 Å². The van der Waals surface area contributed by atoms with Crippen LogP contribution in [0.5, 0.6) is 0 Å². The zero-order valence-electron chi connectivity index (χ0n) is 15.3. The molecule has 3 rings (SSSR count).